The zero-order valence-electron chi connectivity index (χ0n) is 12.7. The van der Waals surface area contributed by atoms with Gasteiger partial charge in [0, 0.05) is 23.3 Å². The van der Waals surface area contributed by atoms with E-state index < -0.39 is 0 Å². The Morgan fingerprint density at radius 2 is 1.80 bits per heavy atom. The van der Waals surface area contributed by atoms with Crippen LogP contribution in [0.4, 0.5) is 11.4 Å². The van der Waals surface area contributed by atoms with Gasteiger partial charge < -0.3 is 10.6 Å². The predicted octanol–water partition coefficient (Wildman–Crippen LogP) is 3.98. The summed E-state index contributed by atoms with van der Waals surface area (Å²) in [5.41, 5.74) is 7.34. The molecule has 0 atom stereocenters. The van der Waals surface area contributed by atoms with Crippen molar-refractivity contribution in [1.29, 1.82) is 0 Å². The summed E-state index contributed by atoms with van der Waals surface area (Å²) in [5.74, 6) is 0.309. The van der Waals surface area contributed by atoms with Crippen LogP contribution in [0.1, 0.15) is 52.4 Å². The Morgan fingerprint density at radius 3 is 2.30 bits per heavy atom. The molecular weight excluding hydrogens is 248 g/mol. The van der Waals surface area contributed by atoms with Gasteiger partial charge in [-0.1, -0.05) is 26.7 Å². The van der Waals surface area contributed by atoms with Gasteiger partial charge in [-0.25, -0.2) is 0 Å². The van der Waals surface area contributed by atoms with Crippen LogP contribution in [0.2, 0.25) is 0 Å². The van der Waals surface area contributed by atoms with Gasteiger partial charge in [0.05, 0.1) is 0 Å². The SMILES string of the molecule is CCCN(C(=O)C1(CC)CCCC1)c1ccc(N)cc1. The monoisotopic (exact) mass is 274 g/mol. The van der Waals surface area contributed by atoms with Gasteiger partial charge in [-0.05, 0) is 49.9 Å². The molecule has 0 bridgehead atoms. The highest BCUT2D eigenvalue weighted by Gasteiger charge is 2.42. The van der Waals surface area contributed by atoms with E-state index in [1.807, 2.05) is 29.2 Å². The second-order valence-corrected chi connectivity index (χ2v) is 5.89. The molecule has 1 amide bonds. The molecule has 0 heterocycles. The van der Waals surface area contributed by atoms with Crippen molar-refractivity contribution >= 4 is 17.3 Å². The Morgan fingerprint density at radius 1 is 1.20 bits per heavy atom. The maximum absolute atomic E-state index is 13.1. The number of hydrogen-bond donors (Lipinski definition) is 1. The van der Waals surface area contributed by atoms with E-state index in [0.717, 1.165) is 43.6 Å². The van der Waals surface area contributed by atoms with Gasteiger partial charge in [-0.3, -0.25) is 4.79 Å². The molecule has 2 N–H and O–H groups in total. The van der Waals surface area contributed by atoms with Gasteiger partial charge in [0.15, 0.2) is 0 Å². The number of nitrogen functional groups attached to an aromatic ring is 1. The first-order valence-corrected chi connectivity index (χ1v) is 7.80. The fourth-order valence-corrected chi connectivity index (χ4v) is 3.28. The van der Waals surface area contributed by atoms with Gasteiger partial charge in [-0.2, -0.15) is 0 Å². The van der Waals surface area contributed by atoms with Crippen LogP contribution in [0, 0.1) is 5.41 Å². The molecule has 0 saturated heterocycles. The van der Waals surface area contributed by atoms with Crippen LogP contribution in [0.5, 0.6) is 0 Å². The van der Waals surface area contributed by atoms with Crippen molar-refractivity contribution in [3.05, 3.63) is 24.3 Å². The molecule has 0 aliphatic heterocycles. The second-order valence-electron chi connectivity index (χ2n) is 5.89. The largest absolute Gasteiger partial charge is 0.399 e. The first kappa shape index (κ1) is 14.9. The molecule has 3 heteroatoms. The lowest BCUT2D eigenvalue weighted by Crippen LogP contribution is -2.43. The molecule has 0 aromatic heterocycles. The van der Waals surface area contributed by atoms with E-state index in [1.54, 1.807) is 0 Å². The predicted molar refractivity (Wildman–Crippen MR) is 84.7 cm³/mol. The summed E-state index contributed by atoms with van der Waals surface area (Å²) in [4.78, 5) is 15.0. The van der Waals surface area contributed by atoms with E-state index in [-0.39, 0.29) is 5.41 Å². The maximum atomic E-state index is 13.1. The Labute approximate surface area is 122 Å². The second kappa shape index (κ2) is 6.29. The van der Waals surface area contributed by atoms with E-state index in [1.165, 1.54) is 12.8 Å². The molecule has 0 spiro atoms. The minimum Gasteiger partial charge on any atom is -0.399 e. The lowest BCUT2D eigenvalue weighted by atomic mass is 9.81. The zero-order valence-corrected chi connectivity index (χ0v) is 12.7. The third kappa shape index (κ3) is 2.82. The van der Waals surface area contributed by atoms with Gasteiger partial charge in [0.25, 0.3) is 0 Å². The lowest BCUT2D eigenvalue weighted by molar-refractivity contribution is -0.128. The minimum absolute atomic E-state index is 0.128. The van der Waals surface area contributed by atoms with E-state index in [9.17, 15) is 4.79 Å². The molecule has 1 aliphatic rings. The smallest absolute Gasteiger partial charge is 0.233 e. The average molecular weight is 274 g/mol. The van der Waals surface area contributed by atoms with Crippen molar-refractivity contribution in [1.82, 2.24) is 0 Å². The summed E-state index contributed by atoms with van der Waals surface area (Å²) < 4.78 is 0. The van der Waals surface area contributed by atoms with E-state index >= 15 is 0 Å². The van der Waals surface area contributed by atoms with Crippen molar-refractivity contribution in [2.75, 3.05) is 17.2 Å². The van der Waals surface area contributed by atoms with Crippen LogP contribution in [-0.4, -0.2) is 12.5 Å². The Hall–Kier alpha value is -1.51. The molecule has 0 radical (unpaired) electrons. The quantitative estimate of drug-likeness (QED) is 0.825. The number of hydrogen-bond acceptors (Lipinski definition) is 2. The van der Waals surface area contributed by atoms with Crippen LogP contribution >= 0.6 is 0 Å². The van der Waals surface area contributed by atoms with Gasteiger partial charge in [0.2, 0.25) is 5.91 Å². The van der Waals surface area contributed by atoms with Crippen molar-refractivity contribution < 1.29 is 4.79 Å². The Kier molecular flexibility index (Phi) is 4.69. The summed E-state index contributed by atoms with van der Waals surface area (Å²) in [5, 5.41) is 0. The van der Waals surface area contributed by atoms with Crippen molar-refractivity contribution in [2.24, 2.45) is 5.41 Å². The maximum Gasteiger partial charge on any atom is 0.233 e. The number of carbonyl (C=O) groups excluding carboxylic acids is 1. The molecule has 20 heavy (non-hydrogen) atoms. The average Bonchev–Trinajstić information content (AvgIpc) is 2.95. The molecule has 1 fully saturated rings. The molecule has 110 valence electrons. The van der Waals surface area contributed by atoms with E-state index in [4.69, 9.17) is 5.73 Å². The van der Waals surface area contributed by atoms with Crippen LogP contribution in [0.25, 0.3) is 0 Å². The molecule has 3 nitrogen and oxygen atoms in total. The number of carbonyl (C=O) groups is 1. The highest BCUT2D eigenvalue weighted by atomic mass is 16.2. The molecule has 2 rings (SSSR count). The summed E-state index contributed by atoms with van der Waals surface area (Å²) in [6, 6.07) is 7.67. The van der Waals surface area contributed by atoms with Crippen molar-refractivity contribution in [3.63, 3.8) is 0 Å². The van der Waals surface area contributed by atoms with Gasteiger partial charge >= 0.3 is 0 Å². The normalized spacial score (nSPS) is 17.1. The minimum atomic E-state index is -0.128. The highest BCUT2D eigenvalue weighted by molar-refractivity contribution is 5.97. The fraction of sp³-hybridized carbons (Fsp3) is 0.588. The molecule has 1 aliphatic carbocycles. The summed E-state index contributed by atoms with van der Waals surface area (Å²) in [6.07, 6.45) is 6.36. The van der Waals surface area contributed by atoms with Crippen LogP contribution < -0.4 is 10.6 Å². The van der Waals surface area contributed by atoms with Gasteiger partial charge in [0.1, 0.15) is 0 Å². The third-order valence-electron chi connectivity index (χ3n) is 4.59. The van der Waals surface area contributed by atoms with Crippen molar-refractivity contribution in [2.45, 2.75) is 52.4 Å². The number of anilines is 2. The van der Waals surface area contributed by atoms with Crippen LogP contribution in [0.15, 0.2) is 24.3 Å². The summed E-state index contributed by atoms with van der Waals surface area (Å²) in [7, 11) is 0. The Bertz CT molecular complexity index is 447. The first-order valence-electron chi connectivity index (χ1n) is 7.80. The summed E-state index contributed by atoms with van der Waals surface area (Å²) in [6.45, 7) is 5.05. The standard InChI is InChI=1S/C17H26N2O/c1-3-13-19(15-9-7-14(18)8-10-15)16(20)17(4-2)11-5-6-12-17/h7-10H,3-6,11-13,18H2,1-2H3. The Balaban J connectivity index is 2.27. The van der Waals surface area contributed by atoms with Crippen molar-refractivity contribution in [3.8, 4) is 0 Å². The van der Waals surface area contributed by atoms with E-state index in [2.05, 4.69) is 13.8 Å². The third-order valence-corrected chi connectivity index (χ3v) is 4.59. The van der Waals surface area contributed by atoms with Crippen LogP contribution in [-0.2, 0) is 4.79 Å². The number of rotatable bonds is 5. The number of nitrogens with two attached hydrogens (primary N) is 1. The summed E-state index contributed by atoms with van der Waals surface area (Å²) >= 11 is 0. The highest BCUT2D eigenvalue weighted by Crippen LogP contribution is 2.43. The molecule has 0 unspecified atom stereocenters. The molecular formula is C17H26N2O. The van der Waals surface area contributed by atoms with Gasteiger partial charge in [-0.15, -0.1) is 0 Å². The van der Waals surface area contributed by atoms with E-state index in [0.29, 0.717) is 5.91 Å². The molecule has 1 saturated carbocycles. The van der Waals surface area contributed by atoms with Crippen LogP contribution in [0.3, 0.4) is 0 Å². The zero-order chi connectivity index (χ0) is 14.6. The molecule has 1 aromatic rings. The fourth-order valence-electron chi connectivity index (χ4n) is 3.28. The number of nitrogens with zero attached hydrogens (tertiary/aromatic N) is 1. The first-order chi connectivity index (χ1) is 9.63. The molecule has 1 aromatic carbocycles. The lowest BCUT2D eigenvalue weighted by Gasteiger charge is -2.33. The number of amides is 1. The number of benzene rings is 1. The topological polar surface area (TPSA) is 46.3 Å².